The van der Waals surface area contributed by atoms with Gasteiger partial charge < -0.3 is 5.32 Å². The van der Waals surface area contributed by atoms with Crippen molar-refractivity contribution in [2.24, 2.45) is 0 Å². The predicted molar refractivity (Wildman–Crippen MR) is 77.7 cm³/mol. The molecule has 1 saturated carbocycles. The Morgan fingerprint density at radius 1 is 1.28 bits per heavy atom. The first-order chi connectivity index (χ1) is 8.85. The van der Waals surface area contributed by atoms with Crippen LogP contribution in [0.3, 0.4) is 0 Å². The van der Waals surface area contributed by atoms with Crippen LogP contribution in [-0.2, 0) is 0 Å². The van der Waals surface area contributed by atoms with Gasteiger partial charge in [-0.2, -0.15) is 0 Å². The molecule has 1 aromatic rings. The van der Waals surface area contributed by atoms with E-state index in [4.69, 9.17) is 0 Å². The van der Waals surface area contributed by atoms with Gasteiger partial charge in [0.15, 0.2) is 0 Å². The molecule has 0 bridgehead atoms. The largest absolute Gasteiger partial charge is 0.312 e. The minimum absolute atomic E-state index is 0.462. The van der Waals surface area contributed by atoms with E-state index in [1.54, 1.807) is 0 Å². The molecule has 1 fully saturated rings. The lowest BCUT2D eigenvalue weighted by Crippen LogP contribution is -2.36. The fourth-order valence-corrected chi connectivity index (χ4v) is 2.51. The van der Waals surface area contributed by atoms with Gasteiger partial charge in [-0.25, -0.2) is 0 Å². The summed E-state index contributed by atoms with van der Waals surface area (Å²) in [5.41, 5.74) is 1.40. The molecule has 0 saturated heterocycles. The molecule has 0 aliphatic heterocycles. The van der Waals surface area contributed by atoms with E-state index in [1.165, 1.54) is 37.8 Å². The Bertz CT molecular complexity index is 332. The van der Waals surface area contributed by atoms with Gasteiger partial charge in [0.2, 0.25) is 0 Å². The highest BCUT2D eigenvalue weighted by Gasteiger charge is 2.29. The Morgan fingerprint density at radius 2 is 2.00 bits per heavy atom. The van der Waals surface area contributed by atoms with E-state index in [0.29, 0.717) is 6.04 Å². The molecular weight excluding hydrogens is 220 g/mol. The standard InChI is InChI=1S/C16H26N2/c1-3-4-12-18(15-10-11-15)13-16(17-2)14-8-6-5-7-9-14/h5-9,15-17H,3-4,10-13H2,1-2H3. The first-order valence-corrected chi connectivity index (χ1v) is 7.31. The molecule has 18 heavy (non-hydrogen) atoms. The zero-order chi connectivity index (χ0) is 12.8. The summed E-state index contributed by atoms with van der Waals surface area (Å²) in [6, 6.07) is 12.1. The highest BCUT2D eigenvalue weighted by atomic mass is 15.2. The van der Waals surface area contributed by atoms with Gasteiger partial charge in [0, 0.05) is 18.6 Å². The Morgan fingerprint density at radius 3 is 2.56 bits per heavy atom. The molecule has 1 atom stereocenters. The number of nitrogens with zero attached hydrogens (tertiary/aromatic N) is 1. The Hall–Kier alpha value is -0.860. The van der Waals surface area contributed by atoms with Crippen LogP contribution in [0.5, 0.6) is 0 Å². The summed E-state index contributed by atoms with van der Waals surface area (Å²) in [7, 11) is 2.07. The SMILES string of the molecule is CCCCN(CC(NC)c1ccccc1)C1CC1. The third kappa shape index (κ3) is 3.82. The molecule has 2 nitrogen and oxygen atoms in total. The number of likely N-dealkylation sites (N-methyl/N-ethyl adjacent to an activating group) is 1. The van der Waals surface area contributed by atoms with E-state index in [2.05, 4.69) is 54.5 Å². The predicted octanol–water partition coefficient (Wildman–Crippen LogP) is 3.21. The number of hydrogen-bond donors (Lipinski definition) is 1. The molecule has 100 valence electrons. The maximum atomic E-state index is 3.47. The molecule has 1 aromatic carbocycles. The van der Waals surface area contributed by atoms with Gasteiger partial charge in [0.05, 0.1) is 0 Å². The summed E-state index contributed by atoms with van der Waals surface area (Å²) in [4.78, 5) is 2.68. The van der Waals surface area contributed by atoms with Gasteiger partial charge in [-0.1, -0.05) is 43.7 Å². The molecule has 0 amide bonds. The average molecular weight is 246 g/mol. The van der Waals surface area contributed by atoms with E-state index >= 15 is 0 Å². The number of benzene rings is 1. The van der Waals surface area contributed by atoms with E-state index in [0.717, 1.165) is 12.6 Å². The quantitative estimate of drug-likeness (QED) is 0.757. The number of unbranched alkanes of at least 4 members (excludes halogenated alkanes) is 1. The third-order valence-electron chi connectivity index (χ3n) is 3.83. The number of rotatable bonds is 8. The summed E-state index contributed by atoms with van der Waals surface area (Å²) >= 11 is 0. The van der Waals surface area contributed by atoms with Crippen LogP contribution in [0.1, 0.15) is 44.2 Å². The van der Waals surface area contributed by atoms with Gasteiger partial charge >= 0.3 is 0 Å². The molecular formula is C16H26N2. The molecule has 0 spiro atoms. The topological polar surface area (TPSA) is 15.3 Å². The molecule has 2 heteroatoms. The lowest BCUT2D eigenvalue weighted by Gasteiger charge is -2.27. The van der Waals surface area contributed by atoms with Crippen molar-refractivity contribution in [2.75, 3.05) is 20.1 Å². The minimum atomic E-state index is 0.462. The van der Waals surface area contributed by atoms with E-state index < -0.39 is 0 Å². The smallest absolute Gasteiger partial charge is 0.0446 e. The fraction of sp³-hybridized carbons (Fsp3) is 0.625. The third-order valence-corrected chi connectivity index (χ3v) is 3.83. The van der Waals surface area contributed by atoms with Gasteiger partial charge in [-0.05, 0) is 38.4 Å². The first kappa shape index (κ1) is 13.6. The van der Waals surface area contributed by atoms with Crippen LogP contribution in [-0.4, -0.2) is 31.1 Å². The summed E-state index contributed by atoms with van der Waals surface area (Å²) in [6.07, 6.45) is 5.41. The highest BCUT2D eigenvalue weighted by Crippen LogP contribution is 2.29. The molecule has 0 aromatic heterocycles. The number of nitrogens with one attached hydrogen (secondary N) is 1. The van der Waals surface area contributed by atoms with Gasteiger partial charge in [-0.15, -0.1) is 0 Å². The van der Waals surface area contributed by atoms with Crippen molar-refractivity contribution in [3.05, 3.63) is 35.9 Å². The minimum Gasteiger partial charge on any atom is -0.312 e. The second-order valence-corrected chi connectivity index (χ2v) is 5.33. The van der Waals surface area contributed by atoms with Gasteiger partial charge in [0.25, 0.3) is 0 Å². The fourth-order valence-electron chi connectivity index (χ4n) is 2.51. The molecule has 1 unspecified atom stereocenters. The monoisotopic (exact) mass is 246 g/mol. The van der Waals surface area contributed by atoms with Crippen molar-refractivity contribution in [3.8, 4) is 0 Å². The van der Waals surface area contributed by atoms with Gasteiger partial charge in [-0.3, -0.25) is 4.90 Å². The zero-order valence-electron chi connectivity index (χ0n) is 11.7. The molecule has 0 radical (unpaired) electrons. The van der Waals surface area contributed by atoms with Crippen molar-refractivity contribution in [3.63, 3.8) is 0 Å². The second kappa shape index (κ2) is 6.91. The van der Waals surface area contributed by atoms with E-state index in [-0.39, 0.29) is 0 Å². The normalized spacial score (nSPS) is 17.1. The Labute approximate surface area is 111 Å². The van der Waals surface area contributed by atoms with Crippen LogP contribution < -0.4 is 5.32 Å². The molecule has 2 rings (SSSR count). The van der Waals surface area contributed by atoms with Crippen LogP contribution in [0.4, 0.5) is 0 Å². The molecule has 1 aliphatic carbocycles. The second-order valence-electron chi connectivity index (χ2n) is 5.33. The summed E-state index contributed by atoms with van der Waals surface area (Å²) in [5, 5.41) is 3.47. The van der Waals surface area contributed by atoms with Crippen molar-refractivity contribution in [1.29, 1.82) is 0 Å². The summed E-state index contributed by atoms with van der Waals surface area (Å²) < 4.78 is 0. The van der Waals surface area contributed by atoms with Crippen molar-refractivity contribution >= 4 is 0 Å². The summed E-state index contributed by atoms with van der Waals surface area (Å²) in [5.74, 6) is 0. The zero-order valence-corrected chi connectivity index (χ0v) is 11.7. The van der Waals surface area contributed by atoms with Crippen molar-refractivity contribution in [1.82, 2.24) is 10.2 Å². The first-order valence-electron chi connectivity index (χ1n) is 7.31. The maximum absolute atomic E-state index is 3.47. The van der Waals surface area contributed by atoms with Crippen LogP contribution in [0.15, 0.2) is 30.3 Å². The van der Waals surface area contributed by atoms with Crippen LogP contribution in [0.25, 0.3) is 0 Å². The Balaban J connectivity index is 1.95. The van der Waals surface area contributed by atoms with Crippen LogP contribution in [0, 0.1) is 0 Å². The van der Waals surface area contributed by atoms with Crippen LogP contribution in [0.2, 0.25) is 0 Å². The Kier molecular flexibility index (Phi) is 5.21. The average Bonchev–Trinajstić information content (AvgIpc) is 3.25. The maximum Gasteiger partial charge on any atom is 0.0446 e. The lowest BCUT2D eigenvalue weighted by atomic mass is 10.1. The van der Waals surface area contributed by atoms with Crippen LogP contribution >= 0.6 is 0 Å². The van der Waals surface area contributed by atoms with E-state index in [9.17, 15) is 0 Å². The highest BCUT2D eigenvalue weighted by molar-refractivity contribution is 5.19. The van der Waals surface area contributed by atoms with Gasteiger partial charge in [0.1, 0.15) is 0 Å². The van der Waals surface area contributed by atoms with Crippen molar-refractivity contribution in [2.45, 2.75) is 44.7 Å². The molecule has 1 N–H and O–H groups in total. The van der Waals surface area contributed by atoms with Crippen molar-refractivity contribution < 1.29 is 0 Å². The number of hydrogen-bond acceptors (Lipinski definition) is 2. The van der Waals surface area contributed by atoms with E-state index in [1.807, 2.05) is 0 Å². The summed E-state index contributed by atoms with van der Waals surface area (Å²) in [6.45, 7) is 4.68. The molecule has 0 heterocycles. The molecule has 1 aliphatic rings. The lowest BCUT2D eigenvalue weighted by molar-refractivity contribution is 0.233.